The number of fused-ring (bicyclic) bond motifs is 1. The highest BCUT2D eigenvalue weighted by Crippen LogP contribution is 2.32. The lowest BCUT2D eigenvalue weighted by molar-refractivity contribution is 0.168. The molecular formula is C20H25NO3. The van der Waals surface area contributed by atoms with Crippen molar-refractivity contribution in [3.8, 4) is 11.5 Å². The third-order valence-electron chi connectivity index (χ3n) is 4.48. The van der Waals surface area contributed by atoms with Crippen LogP contribution in [0.4, 0.5) is 0 Å². The minimum atomic E-state index is -0.571. The van der Waals surface area contributed by atoms with Crippen LogP contribution in [0, 0.1) is 6.92 Å². The zero-order chi connectivity index (χ0) is 16.9. The second-order valence-corrected chi connectivity index (χ2v) is 6.29. The highest BCUT2D eigenvalue weighted by atomic mass is 16.5. The smallest absolute Gasteiger partial charge is 0.124 e. The van der Waals surface area contributed by atoms with E-state index in [0.29, 0.717) is 6.54 Å². The van der Waals surface area contributed by atoms with E-state index in [9.17, 15) is 5.11 Å². The summed E-state index contributed by atoms with van der Waals surface area (Å²) in [5, 5.41) is 14.0. The number of rotatable bonds is 5. The van der Waals surface area contributed by atoms with Crippen LogP contribution in [0.25, 0.3) is 0 Å². The Kier molecular flexibility index (Phi) is 5.38. The van der Waals surface area contributed by atoms with Crippen molar-refractivity contribution in [2.75, 3.05) is 20.3 Å². The first kappa shape index (κ1) is 16.8. The van der Waals surface area contributed by atoms with Crippen molar-refractivity contribution in [1.29, 1.82) is 0 Å². The molecular weight excluding hydrogens is 302 g/mol. The predicted octanol–water partition coefficient (Wildman–Crippen LogP) is 3.54. The Morgan fingerprint density at radius 2 is 2.17 bits per heavy atom. The van der Waals surface area contributed by atoms with Crippen LogP contribution in [0.2, 0.25) is 0 Å². The Balaban J connectivity index is 1.69. The van der Waals surface area contributed by atoms with Gasteiger partial charge in [0.1, 0.15) is 11.5 Å². The summed E-state index contributed by atoms with van der Waals surface area (Å²) in [6.07, 6.45) is 1.43. The number of hydrogen-bond donors (Lipinski definition) is 2. The summed E-state index contributed by atoms with van der Waals surface area (Å²) in [6.45, 7) is 3.31. The molecule has 0 aromatic heterocycles. The Bertz CT molecular complexity index is 686. The molecule has 2 aromatic rings. The second-order valence-electron chi connectivity index (χ2n) is 6.29. The molecule has 1 heterocycles. The standard InChI is InChI=1S/C20H25NO3/c1-14-8-9-17-18(7-4-10-24-20(17)11-14)21-13-19(22)15-5-3-6-16(12-15)23-2/h3,5-6,8-9,11-12,18-19,21-22H,4,7,10,13H2,1-2H3. The molecule has 2 unspecified atom stereocenters. The first-order chi connectivity index (χ1) is 11.7. The van der Waals surface area contributed by atoms with Gasteiger partial charge in [-0.2, -0.15) is 0 Å². The van der Waals surface area contributed by atoms with Crippen molar-refractivity contribution in [2.45, 2.75) is 31.9 Å². The molecule has 4 nitrogen and oxygen atoms in total. The lowest BCUT2D eigenvalue weighted by atomic mass is 10.00. The SMILES string of the molecule is COc1cccc(C(O)CNC2CCCOc3cc(C)ccc32)c1. The molecule has 0 spiro atoms. The van der Waals surface area contributed by atoms with Crippen LogP contribution in [0.5, 0.6) is 11.5 Å². The van der Waals surface area contributed by atoms with E-state index in [2.05, 4.69) is 30.4 Å². The molecule has 3 rings (SSSR count). The van der Waals surface area contributed by atoms with Gasteiger partial charge < -0.3 is 19.9 Å². The Hall–Kier alpha value is -2.04. The van der Waals surface area contributed by atoms with Gasteiger partial charge in [-0.1, -0.05) is 24.3 Å². The molecule has 0 aliphatic carbocycles. The quantitative estimate of drug-likeness (QED) is 0.882. The fourth-order valence-electron chi connectivity index (χ4n) is 3.11. The van der Waals surface area contributed by atoms with Gasteiger partial charge in [0, 0.05) is 18.2 Å². The van der Waals surface area contributed by atoms with Crippen LogP contribution in [-0.4, -0.2) is 25.4 Å². The predicted molar refractivity (Wildman–Crippen MR) is 94.6 cm³/mol. The highest BCUT2D eigenvalue weighted by molar-refractivity contribution is 5.40. The average molecular weight is 327 g/mol. The first-order valence-electron chi connectivity index (χ1n) is 8.46. The fraction of sp³-hybridized carbons (Fsp3) is 0.400. The van der Waals surface area contributed by atoms with Gasteiger partial charge in [-0.3, -0.25) is 0 Å². The normalized spacial score (nSPS) is 18.2. The largest absolute Gasteiger partial charge is 0.497 e. The van der Waals surface area contributed by atoms with Gasteiger partial charge in [0.15, 0.2) is 0 Å². The van der Waals surface area contributed by atoms with Gasteiger partial charge in [0.05, 0.1) is 19.8 Å². The third kappa shape index (κ3) is 3.89. The number of hydrogen-bond acceptors (Lipinski definition) is 4. The topological polar surface area (TPSA) is 50.7 Å². The zero-order valence-electron chi connectivity index (χ0n) is 14.3. The van der Waals surface area contributed by atoms with Crippen LogP contribution in [0.15, 0.2) is 42.5 Å². The Labute approximate surface area is 143 Å². The van der Waals surface area contributed by atoms with Crippen molar-refractivity contribution in [3.05, 3.63) is 59.2 Å². The summed E-state index contributed by atoms with van der Waals surface area (Å²) >= 11 is 0. The van der Waals surface area contributed by atoms with E-state index in [1.54, 1.807) is 7.11 Å². The lowest BCUT2D eigenvalue weighted by Crippen LogP contribution is -2.26. The van der Waals surface area contributed by atoms with Gasteiger partial charge in [0.2, 0.25) is 0 Å². The summed E-state index contributed by atoms with van der Waals surface area (Å²) in [5.41, 5.74) is 3.23. The van der Waals surface area contributed by atoms with Crippen LogP contribution in [0.3, 0.4) is 0 Å². The van der Waals surface area contributed by atoms with E-state index >= 15 is 0 Å². The van der Waals surface area contributed by atoms with Crippen LogP contribution in [-0.2, 0) is 0 Å². The molecule has 0 bridgehead atoms. The minimum absolute atomic E-state index is 0.198. The zero-order valence-corrected chi connectivity index (χ0v) is 14.3. The van der Waals surface area contributed by atoms with Crippen LogP contribution >= 0.6 is 0 Å². The summed E-state index contributed by atoms with van der Waals surface area (Å²) in [4.78, 5) is 0. The summed E-state index contributed by atoms with van der Waals surface area (Å²) < 4.78 is 11.1. The molecule has 0 radical (unpaired) electrons. The molecule has 1 aliphatic heterocycles. The molecule has 2 aromatic carbocycles. The van der Waals surface area contributed by atoms with Crippen molar-refractivity contribution in [2.24, 2.45) is 0 Å². The molecule has 1 aliphatic rings. The maximum absolute atomic E-state index is 10.5. The summed E-state index contributed by atoms with van der Waals surface area (Å²) in [5.74, 6) is 1.72. The number of methoxy groups -OCH3 is 1. The molecule has 2 N–H and O–H groups in total. The van der Waals surface area contributed by atoms with Crippen LogP contribution < -0.4 is 14.8 Å². The molecule has 0 amide bonds. The number of aliphatic hydroxyl groups excluding tert-OH is 1. The first-order valence-corrected chi connectivity index (χ1v) is 8.46. The number of ether oxygens (including phenoxy) is 2. The minimum Gasteiger partial charge on any atom is -0.497 e. The van der Waals surface area contributed by atoms with Gasteiger partial charge in [0.25, 0.3) is 0 Å². The molecule has 0 fully saturated rings. The Morgan fingerprint density at radius 3 is 3.00 bits per heavy atom. The fourth-order valence-corrected chi connectivity index (χ4v) is 3.11. The average Bonchev–Trinajstić information content (AvgIpc) is 2.81. The van der Waals surface area contributed by atoms with Crippen molar-refractivity contribution in [1.82, 2.24) is 5.32 Å². The number of aliphatic hydroxyl groups is 1. The third-order valence-corrected chi connectivity index (χ3v) is 4.48. The van der Waals surface area contributed by atoms with Gasteiger partial charge in [-0.15, -0.1) is 0 Å². The van der Waals surface area contributed by atoms with E-state index in [0.717, 1.165) is 36.5 Å². The molecule has 128 valence electrons. The van der Waals surface area contributed by atoms with Crippen molar-refractivity contribution in [3.63, 3.8) is 0 Å². The molecule has 2 atom stereocenters. The molecule has 4 heteroatoms. The number of nitrogens with one attached hydrogen (secondary N) is 1. The van der Waals surface area contributed by atoms with E-state index in [4.69, 9.17) is 9.47 Å². The van der Waals surface area contributed by atoms with Gasteiger partial charge >= 0.3 is 0 Å². The van der Waals surface area contributed by atoms with E-state index in [-0.39, 0.29) is 6.04 Å². The van der Waals surface area contributed by atoms with Gasteiger partial charge in [-0.25, -0.2) is 0 Å². The molecule has 24 heavy (non-hydrogen) atoms. The maximum atomic E-state index is 10.5. The summed E-state index contributed by atoms with van der Waals surface area (Å²) in [6, 6.07) is 14.1. The monoisotopic (exact) mass is 327 g/mol. The van der Waals surface area contributed by atoms with E-state index in [1.807, 2.05) is 24.3 Å². The van der Waals surface area contributed by atoms with E-state index in [1.165, 1.54) is 11.1 Å². The van der Waals surface area contributed by atoms with Gasteiger partial charge in [-0.05, 0) is 49.1 Å². The Morgan fingerprint density at radius 1 is 1.29 bits per heavy atom. The maximum Gasteiger partial charge on any atom is 0.124 e. The second kappa shape index (κ2) is 7.69. The van der Waals surface area contributed by atoms with E-state index < -0.39 is 6.10 Å². The number of aryl methyl sites for hydroxylation is 1. The molecule has 0 saturated carbocycles. The number of benzene rings is 2. The van der Waals surface area contributed by atoms with Crippen molar-refractivity contribution >= 4 is 0 Å². The molecule has 0 saturated heterocycles. The summed E-state index contributed by atoms with van der Waals surface area (Å²) in [7, 11) is 1.63. The lowest BCUT2D eigenvalue weighted by Gasteiger charge is -2.21. The van der Waals surface area contributed by atoms with Crippen LogP contribution in [0.1, 0.15) is 41.7 Å². The van der Waals surface area contributed by atoms with Crippen molar-refractivity contribution < 1.29 is 14.6 Å². The highest BCUT2D eigenvalue weighted by Gasteiger charge is 2.20.